The van der Waals surface area contributed by atoms with Gasteiger partial charge in [-0.15, -0.1) is 29.8 Å². The molecule has 0 atom stereocenters. The Hall–Kier alpha value is -1.71. The van der Waals surface area contributed by atoms with Crippen molar-refractivity contribution < 1.29 is 22.1 Å². The van der Waals surface area contributed by atoms with Crippen LogP contribution >= 0.6 is 11.8 Å². The molecule has 0 fully saturated rings. The van der Waals surface area contributed by atoms with Crippen molar-refractivity contribution in [1.82, 2.24) is 4.90 Å². The van der Waals surface area contributed by atoms with Gasteiger partial charge in [-0.25, -0.2) is 4.79 Å². The van der Waals surface area contributed by atoms with Crippen LogP contribution in [-0.4, -0.2) is 44.1 Å². The molecule has 2 aliphatic heterocycles. The maximum absolute atomic E-state index is 12.6. The van der Waals surface area contributed by atoms with Gasteiger partial charge >= 0.3 is 6.09 Å². The summed E-state index contributed by atoms with van der Waals surface area (Å²) in [5.41, 5.74) is 0.421. The van der Waals surface area contributed by atoms with Gasteiger partial charge in [0.2, 0.25) is 0 Å². The summed E-state index contributed by atoms with van der Waals surface area (Å²) in [4.78, 5) is 17.9. The highest BCUT2D eigenvalue weighted by molar-refractivity contribution is 8.06. The summed E-state index contributed by atoms with van der Waals surface area (Å²) in [6, 6.07) is 0. The van der Waals surface area contributed by atoms with E-state index in [1.165, 1.54) is 16.7 Å². The fraction of sp³-hybridized carbons (Fsp3) is 0.400. The van der Waals surface area contributed by atoms with Crippen LogP contribution in [0, 0.1) is 6.42 Å². The molecule has 0 aromatic heterocycles. The van der Waals surface area contributed by atoms with E-state index in [-0.39, 0.29) is 6.61 Å². The quantitative estimate of drug-likeness (QED) is 0.560. The smallest absolute Gasteiger partial charge is 0.411 e. The first-order valence-electron chi connectivity index (χ1n) is 7.07. The monoisotopic (exact) mass is 371 g/mol. The predicted molar refractivity (Wildman–Crippen MR) is 93.5 cm³/mol. The minimum Gasteiger partial charge on any atom is -0.444 e. The number of carbonyl (C=O) groups is 1. The molecule has 0 bridgehead atoms. The summed E-state index contributed by atoms with van der Waals surface area (Å²) in [6.45, 7) is 5.02. The van der Waals surface area contributed by atoms with Crippen molar-refractivity contribution in [2.75, 3.05) is 12.9 Å². The van der Waals surface area contributed by atoms with Crippen molar-refractivity contribution in [2.24, 2.45) is 4.99 Å². The lowest BCUT2D eigenvalue weighted by molar-refractivity contribution is 0.0367. The van der Waals surface area contributed by atoms with Crippen LogP contribution in [-0.2, 0) is 19.0 Å². The molecule has 9 heteroatoms. The molecule has 0 aromatic carbocycles. The van der Waals surface area contributed by atoms with Gasteiger partial charge in [-0.05, 0) is 26.2 Å². The minimum absolute atomic E-state index is 0.255. The van der Waals surface area contributed by atoms with Crippen LogP contribution in [0.3, 0.4) is 0 Å². The number of amides is 1. The van der Waals surface area contributed by atoms with E-state index in [4.69, 9.17) is 8.92 Å². The van der Waals surface area contributed by atoms with Gasteiger partial charge in [-0.2, -0.15) is 8.42 Å². The van der Waals surface area contributed by atoms with Crippen LogP contribution in [0.4, 0.5) is 4.79 Å². The summed E-state index contributed by atoms with van der Waals surface area (Å²) in [7, 11) is -3.63. The molecule has 0 aromatic rings. The van der Waals surface area contributed by atoms with Crippen LogP contribution in [0.5, 0.6) is 0 Å². The zero-order valence-electron chi connectivity index (χ0n) is 13.8. The Morgan fingerprint density at radius 2 is 2.12 bits per heavy atom. The van der Waals surface area contributed by atoms with Gasteiger partial charge in [0.25, 0.3) is 10.1 Å². The van der Waals surface area contributed by atoms with Crippen molar-refractivity contribution in [3.05, 3.63) is 40.4 Å². The molecular formula is C15H19N2O5S2-. The Labute approximate surface area is 146 Å². The Kier molecular flexibility index (Phi) is 5.46. The largest absolute Gasteiger partial charge is 0.444 e. The first kappa shape index (κ1) is 18.6. The van der Waals surface area contributed by atoms with E-state index in [2.05, 4.69) is 4.99 Å². The summed E-state index contributed by atoms with van der Waals surface area (Å²) in [5, 5.41) is 2.25. The Morgan fingerprint density at radius 1 is 1.42 bits per heavy atom. The maximum Gasteiger partial charge on any atom is 0.411 e. The van der Waals surface area contributed by atoms with Crippen molar-refractivity contribution in [1.29, 1.82) is 0 Å². The number of rotatable bonds is 3. The standard InChI is InChI=1S/C15H19N2O5S2/c1-15(2,3)22-14(18)17-12(9-21-24(4,19)20)10-23-13(17)11-6-5-7-16-8-11/h5-8,10H,9H2,1-4H3/q-1. The fourth-order valence-corrected chi connectivity index (χ4v) is 3.13. The zero-order valence-corrected chi connectivity index (χ0v) is 15.5. The highest BCUT2D eigenvalue weighted by atomic mass is 32.2. The zero-order chi connectivity index (χ0) is 18.0. The molecule has 132 valence electrons. The van der Waals surface area contributed by atoms with Gasteiger partial charge in [0, 0.05) is 5.03 Å². The van der Waals surface area contributed by atoms with E-state index in [0.717, 1.165) is 11.8 Å². The SMILES string of the molecule is CC(C)(C)OC(=O)N1C(COS(C)(=O)=O)=CSC1=C1C=NC=C[CH-]1. The van der Waals surface area contributed by atoms with Crippen LogP contribution in [0.15, 0.2) is 39.0 Å². The van der Waals surface area contributed by atoms with Crippen LogP contribution in [0.2, 0.25) is 0 Å². The van der Waals surface area contributed by atoms with Crippen LogP contribution in [0.25, 0.3) is 0 Å². The van der Waals surface area contributed by atoms with Crippen molar-refractivity contribution in [3.8, 4) is 0 Å². The number of aliphatic imine (C=N–C) groups is 1. The molecule has 0 saturated heterocycles. The van der Waals surface area contributed by atoms with E-state index in [0.29, 0.717) is 10.7 Å². The molecule has 0 aliphatic carbocycles. The van der Waals surface area contributed by atoms with E-state index < -0.39 is 21.8 Å². The van der Waals surface area contributed by atoms with Gasteiger partial charge < -0.3 is 9.73 Å². The molecule has 2 rings (SSSR count). The normalized spacial score (nSPS) is 20.8. The van der Waals surface area contributed by atoms with Gasteiger partial charge in [0.05, 0.1) is 12.0 Å². The predicted octanol–water partition coefficient (Wildman–Crippen LogP) is 2.80. The molecule has 1 amide bonds. The third kappa shape index (κ3) is 5.15. The van der Waals surface area contributed by atoms with Gasteiger partial charge in [0.1, 0.15) is 12.2 Å². The lowest BCUT2D eigenvalue weighted by Crippen LogP contribution is -2.35. The highest BCUT2D eigenvalue weighted by Gasteiger charge is 2.30. The second kappa shape index (κ2) is 7.04. The number of ether oxygens (including phenoxy) is 1. The molecule has 2 aliphatic rings. The molecule has 0 saturated carbocycles. The van der Waals surface area contributed by atoms with Crippen molar-refractivity contribution >= 4 is 34.2 Å². The lowest BCUT2D eigenvalue weighted by Gasteiger charge is -2.30. The Balaban J connectivity index is 2.29. The summed E-state index contributed by atoms with van der Waals surface area (Å²) in [6.07, 6.45) is 7.16. The molecule has 7 nitrogen and oxygen atoms in total. The lowest BCUT2D eigenvalue weighted by atomic mass is 10.2. The maximum atomic E-state index is 12.6. The van der Waals surface area contributed by atoms with E-state index in [9.17, 15) is 13.2 Å². The number of thioether (sulfide) groups is 1. The van der Waals surface area contributed by atoms with Crippen molar-refractivity contribution in [3.63, 3.8) is 0 Å². The molecule has 2 heterocycles. The van der Waals surface area contributed by atoms with E-state index in [1.807, 2.05) is 0 Å². The Morgan fingerprint density at radius 3 is 2.67 bits per heavy atom. The van der Waals surface area contributed by atoms with Crippen molar-refractivity contribution in [2.45, 2.75) is 26.4 Å². The topological polar surface area (TPSA) is 85.3 Å². The highest BCUT2D eigenvalue weighted by Crippen LogP contribution is 2.38. The second-order valence-corrected chi connectivity index (χ2v) is 8.56. The minimum atomic E-state index is -3.63. The average molecular weight is 371 g/mol. The Bertz CT molecular complexity index is 742. The molecule has 0 unspecified atom stereocenters. The molecular weight excluding hydrogens is 352 g/mol. The van der Waals surface area contributed by atoms with Crippen LogP contribution in [0.1, 0.15) is 20.8 Å². The summed E-state index contributed by atoms with van der Waals surface area (Å²) >= 11 is 1.28. The number of carbonyl (C=O) groups excluding carboxylic acids is 1. The third-order valence-electron chi connectivity index (χ3n) is 2.70. The van der Waals surface area contributed by atoms with Gasteiger partial charge in [-0.1, -0.05) is 12.4 Å². The molecule has 24 heavy (non-hydrogen) atoms. The fourth-order valence-electron chi connectivity index (χ4n) is 1.82. The van der Waals surface area contributed by atoms with Gasteiger partial charge in [0.15, 0.2) is 0 Å². The summed E-state index contributed by atoms with van der Waals surface area (Å²) in [5.74, 6) is 0. The van der Waals surface area contributed by atoms with E-state index in [1.54, 1.807) is 51.1 Å². The first-order valence-corrected chi connectivity index (χ1v) is 9.77. The third-order valence-corrected chi connectivity index (χ3v) is 4.28. The number of allylic oxidation sites excluding steroid dienone is 2. The van der Waals surface area contributed by atoms with E-state index >= 15 is 0 Å². The number of hydrogen-bond acceptors (Lipinski definition) is 7. The average Bonchev–Trinajstić information content (AvgIpc) is 2.87. The van der Waals surface area contributed by atoms with Gasteiger partial charge in [-0.3, -0.25) is 9.08 Å². The molecule has 0 spiro atoms. The number of nitrogens with zero attached hydrogens (tertiary/aromatic N) is 2. The molecule has 0 radical (unpaired) electrons. The van der Waals surface area contributed by atoms with Crippen LogP contribution < -0.4 is 0 Å². The second-order valence-electron chi connectivity index (χ2n) is 6.06. The first-order chi connectivity index (χ1) is 11.1. The molecule has 0 N–H and O–H groups in total. The summed E-state index contributed by atoms with van der Waals surface area (Å²) < 4.78 is 32.7. The number of hydrogen-bond donors (Lipinski definition) is 0.